The van der Waals surface area contributed by atoms with Gasteiger partial charge in [-0.1, -0.05) is 12.1 Å². The molecule has 0 saturated carbocycles. The summed E-state index contributed by atoms with van der Waals surface area (Å²) < 4.78 is 33.1. The van der Waals surface area contributed by atoms with Crippen molar-refractivity contribution in [3.8, 4) is 34.5 Å². The van der Waals surface area contributed by atoms with Gasteiger partial charge in [-0.2, -0.15) is 0 Å². The summed E-state index contributed by atoms with van der Waals surface area (Å²) in [6, 6.07) is 7.94. The first kappa shape index (κ1) is 30.3. The Labute approximate surface area is 222 Å². The Balaban J connectivity index is 0.000000757. The minimum absolute atomic E-state index is 0.631. The fourth-order valence-corrected chi connectivity index (χ4v) is 4.16. The number of piperazine rings is 1. The molecule has 1 aliphatic heterocycles. The quantitative estimate of drug-likeness (QED) is 0.431. The highest BCUT2D eigenvalue weighted by atomic mass is 16.5. The van der Waals surface area contributed by atoms with Gasteiger partial charge in [-0.25, -0.2) is 9.59 Å². The van der Waals surface area contributed by atoms with Gasteiger partial charge in [0.05, 0.1) is 42.7 Å². The molecule has 1 heterocycles. The van der Waals surface area contributed by atoms with Gasteiger partial charge in [-0.3, -0.25) is 9.80 Å². The van der Waals surface area contributed by atoms with Gasteiger partial charge < -0.3 is 38.6 Å². The van der Waals surface area contributed by atoms with E-state index in [-0.39, 0.29) is 0 Å². The maximum atomic E-state index is 9.10. The lowest BCUT2D eigenvalue weighted by atomic mass is 10.1. The summed E-state index contributed by atoms with van der Waals surface area (Å²) in [5, 5.41) is 14.8. The highest BCUT2D eigenvalue weighted by molar-refractivity contribution is 6.27. The van der Waals surface area contributed by atoms with Crippen molar-refractivity contribution >= 4 is 11.9 Å². The lowest BCUT2D eigenvalue weighted by Gasteiger charge is -2.35. The Bertz CT molecular complexity index is 999. The van der Waals surface area contributed by atoms with Crippen LogP contribution in [0.5, 0.6) is 34.5 Å². The fraction of sp³-hybridized carbons (Fsp3) is 0.462. The van der Waals surface area contributed by atoms with Crippen LogP contribution in [0.3, 0.4) is 0 Å². The number of aliphatic carboxylic acids is 2. The van der Waals surface area contributed by atoms with Crippen molar-refractivity contribution in [2.75, 3.05) is 68.8 Å². The number of ether oxygens (including phenoxy) is 6. The van der Waals surface area contributed by atoms with Crippen molar-refractivity contribution in [1.29, 1.82) is 0 Å². The number of methoxy groups -OCH3 is 6. The summed E-state index contributed by atoms with van der Waals surface area (Å²) in [6.45, 7) is 5.38. The number of hydrogen-bond acceptors (Lipinski definition) is 10. The smallest absolute Gasteiger partial charge is 0.414 e. The van der Waals surface area contributed by atoms with Crippen molar-refractivity contribution in [2.24, 2.45) is 0 Å². The molecule has 0 aliphatic carbocycles. The van der Waals surface area contributed by atoms with Crippen molar-refractivity contribution in [3.05, 3.63) is 35.4 Å². The first-order valence-corrected chi connectivity index (χ1v) is 11.7. The Kier molecular flexibility index (Phi) is 11.8. The predicted octanol–water partition coefficient (Wildman–Crippen LogP) is 2.21. The van der Waals surface area contributed by atoms with Gasteiger partial charge in [0.25, 0.3) is 0 Å². The molecule has 2 aromatic carbocycles. The number of hydrogen-bond donors (Lipinski definition) is 2. The summed E-state index contributed by atoms with van der Waals surface area (Å²) in [5.41, 5.74) is 2.17. The van der Waals surface area contributed by atoms with Gasteiger partial charge in [0, 0.05) is 50.4 Å². The van der Waals surface area contributed by atoms with Crippen LogP contribution in [-0.4, -0.2) is 101 Å². The zero-order chi connectivity index (χ0) is 28.2. The SMILES string of the molecule is COc1ccc(CN2CCN(Cc3ccc(OC)c(OC)c3OC)CC2)c(OC)c1OC.O=C(O)C(=O)O. The van der Waals surface area contributed by atoms with Crippen LogP contribution in [0.25, 0.3) is 0 Å². The number of carboxylic acid groups (broad SMARTS) is 2. The minimum Gasteiger partial charge on any atom is -0.493 e. The van der Waals surface area contributed by atoms with Gasteiger partial charge >= 0.3 is 11.9 Å². The van der Waals surface area contributed by atoms with Gasteiger partial charge in [-0.05, 0) is 12.1 Å². The van der Waals surface area contributed by atoms with E-state index in [0.717, 1.165) is 61.9 Å². The average Bonchev–Trinajstić information content (AvgIpc) is 2.93. The number of carboxylic acids is 2. The van der Waals surface area contributed by atoms with Crippen LogP contribution in [0, 0.1) is 0 Å². The van der Waals surface area contributed by atoms with E-state index in [1.807, 2.05) is 24.3 Å². The summed E-state index contributed by atoms with van der Waals surface area (Å²) >= 11 is 0. The standard InChI is InChI=1S/C24H34N2O6.C2H2O4/c1-27-19-9-7-17(21(29-3)23(19)31-5)15-25-11-13-26(14-12-25)16-18-8-10-20(28-2)24(32-6)22(18)30-4;3-1(4)2(5)6/h7-10H,11-16H2,1-6H3;(H,3,4)(H,5,6). The predicted molar refractivity (Wildman–Crippen MR) is 138 cm³/mol. The normalized spacial score (nSPS) is 13.5. The van der Waals surface area contributed by atoms with Crippen molar-refractivity contribution < 1.29 is 48.2 Å². The number of nitrogens with zero attached hydrogens (tertiary/aromatic N) is 2. The first-order valence-electron chi connectivity index (χ1n) is 11.7. The molecule has 0 unspecified atom stereocenters. The molecular weight excluding hydrogens is 500 g/mol. The van der Waals surface area contributed by atoms with Crippen LogP contribution < -0.4 is 28.4 Å². The summed E-state index contributed by atoms with van der Waals surface area (Å²) in [6.07, 6.45) is 0. The zero-order valence-corrected chi connectivity index (χ0v) is 22.6. The lowest BCUT2D eigenvalue weighted by molar-refractivity contribution is -0.159. The molecule has 1 fully saturated rings. The average molecular weight is 537 g/mol. The topological polar surface area (TPSA) is 136 Å². The van der Waals surface area contributed by atoms with Gasteiger partial charge in [-0.15, -0.1) is 0 Å². The third-order valence-electron chi connectivity index (χ3n) is 6.01. The van der Waals surface area contributed by atoms with Crippen LogP contribution in [0.2, 0.25) is 0 Å². The summed E-state index contributed by atoms with van der Waals surface area (Å²) in [4.78, 5) is 23.0. The molecular formula is C26H36N2O10. The fourth-order valence-electron chi connectivity index (χ4n) is 4.16. The van der Waals surface area contributed by atoms with Gasteiger partial charge in [0.1, 0.15) is 0 Å². The van der Waals surface area contributed by atoms with Crippen LogP contribution in [-0.2, 0) is 22.7 Å². The molecule has 3 rings (SSSR count). The monoisotopic (exact) mass is 536 g/mol. The molecule has 0 radical (unpaired) electrons. The highest BCUT2D eigenvalue weighted by Gasteiger charge is 2.23. The lowest BCUT2D eigenvalue weighted by Crippen LogP contribution is -2.45. The second-order valence-electron chi connectivity index (χ2n) is 8.15. The largest absolute Gasteiger partial charge is 0.493 e. The van der Waals surface area contributed by atoms with E-state index in [9.17, 15) is 0 Å². The number of rotatable bonds is 10. The van der Waals surface area contributed by atoms with E-state index in [2.05, 4.69) is 9.80 Å². The molecule has 38 heavy (non-hydrogen) atoms. The molecule has 1 saturated heterocycles. The number of benzene rings is 2. The first-order chi connectivity index (χ1) is 18.2. The van der Waals surface area contributed by atoms with E-state index in [0.29, 0.717) is 23.0 Å². The van der Waals surface area contributed by atoms with E-state index < -0.39 is 11.9 Å². The Morgan fingerprint density at radius 2 is 0.895 bits per heavy atom. The van der Waals surface area contributed by atoms with Crippen molar-refractivity contribution in [3.63, 3.8) is 0 Å². The summed E-state index contributed by atoms with van der Waals surface area (Å²) in [7, 11) is 9.84. The molecule has 12 heteroatoms. The van der Waals surface area contributed by atoms with Crippen LogP contribution in [0.15, 0.2) is 24.3 Å². The molecule has 2 N–H and O–H groups in total. The Morgan fingerprint density at radius 1 is 0.579 bits per heavy atom. The van der Waals surface area contributed by atoms with Gasteiger partial charge in [0.15, 0.2) is 23.0 Å². The second kappa shape index (κ2) is 14.7. The molecule has 0 amide bonds. The van der Waals surface area contributed by atoms with Crippen molar-refractivity contribution in [1.82, 2.24) is 9.80 Å². The maximum absolute atomic E-state index is 9.10. The molecule has 210 valence electrons. The molecule has 2 aromatic rings. The third-order valence-corrected chi connectivity index (χ3v) is 6.01. The van der Waals surface area contributed by atoms with E-state index in [4.69, 9.17) is 48.2 Å². The van der Waals surface area contributed by atoms with Crippen molar-refractivity contribution in [2.45, 2.75) is 13.1 Å². The van der Waals surface area contributed by atoms with Crippen LogP contribution in [0.1, 0.15) is 11.1 Å². The molecule has 12 nitrogen and oxygen atoms in total. The Morgan fingerprint density at radius 3 is 1.13 bits per heavy atom. The molecule has 0 aromatic heterocycles. The third kappa shape index (κ3) is 7.56. The van der Waals surface area contributed by atoms with Crippen LogP contribution in [0.4, 0.5) is 0 Å². The number of carbonyl (C=O) groups is 2. The van der Waals surface area contributed by atoms with E-state index >= 15 is 0 Å². The minimum atomic E-state index is -1.82. The Hall–Kier alpha value is -3.90. The zero-order valence-electron chi connectivity index (χ0n) is 22.6. The second-order valence-corrected chi connectivity index (χ2v) is 8.15. The molecule has 0 spiro atoms. The van der Waals surface area contributed by atoms with Gasteiger partial charge in [0.2, 0.25) is 11.5 Å². The molecule has 0 atom stereocenters. The highest BCUT2D eigenvalue weighted by Crippen LogP contribution is 2.41. The molecule has 0 bridgehead atoms. The van der Waals surface area contributed by atoms with E-state index in [1.165, 1.54) is 0 Å². The molecule has 1 aliphatic rings. The summed E-state index contributed by atoms with van der Waals surface area (Å²) in [5.74, 6) is 0.403. The maximum Gasteiger partial charge on any atom is 0.414 e. The van der Waals surface area contributed by atoms with E-state index in [1.54, 1.807) is 42.7 Å². The van der Waals surface area contributed by atoms with Crippen LogP contribution >= 0.6 is 0 Å².